The first-order chi connectivity index (χ1) is 6.60. The molecule has 0 unspecified atom stereocenters. The second-order valence-corrected chi connectivity index (χ2v) is 4.60. The van der Waals surface area contributed by atoms with Crippen LogP contribution in [0.1, 0.15) is 0 Å². The van der Waals surface area contributed by atoms with Crippen molar-refractivity contribution in [1.29, 1.82) is 0 Å². The molecular weight excluding hydrogens is 258 g/mol. The lowest BCUT2D eigenvalue weighted by molar-refractivity contribution is -0.482. The van der Waals surface area contributed by atoms with Crippen LogP contribution in [0.15, 0.2) is 0 Å². The fourth-order valence-electron chi connectivity index (χ4n) is 0.536. The van der Waals surface area contributed by atoms with Crippen molar-refractivity contribution in [2.75, 3.05) is 20.2 Å². The smallest absolute Gasteiger partial charge is 0.323 e. The van der Waals surface area contributed by atoms with Gasteiger partial charge in [-0.05, 0) is 0 Å². The summed E-state index contributed by atoms with van der Waals surface area (Å²) >= 11 is 0. The molecule has 1 rings (SSSR count). The average molecular weight is 266 g/mol. The van der Waals surface area contributed by atoms with E-state index in [4.69, 9.17) is 4.74 Å². The van der Waals surface area contributed by atoms with E-state index in [-0.39, 0.29) is 0 Å². The fourth-order valence-corrected chi connectivity index (χ4v) is 1.39. The molecule has 0 spiro atoms. The molecular formula is C4H8F2N2O5S2. The molecule has 0 aromatic rings. The highest BCUT2D eigenvalue weighted by atomic mass is 32.3. The molecule has 1 heterocycles. The van der Waals surface area contributed by atoms with Crippen LogP contribution in [0, 0.1) is 0 Å². The van der Waals surface area contributed by atoms with Crippen molar-refractivity contribution in [1.82, 2.24) is 0 Å². The highest BCUT2D eigenvalue weighted by molar-refractivity contribution is 8.07. The zero-order valence-electron chi connectivity index (χ0n) is 7.50. The maximum Gasteiger partial charge on any atom is 0.323 e. The Morgan fingerprint density at radius 2 is 1.73 bits per heavy atom. The van der Waals surface area contributed by atoms with E-state index in [2.05, 4.69) is 0 Å². The van der Waals surface area contributed by atoms with E-state index in [1.54, 1.807) is 6.40 Å². The van der Waals surface area contributed by atoms with Crippen LogP contribution in [0.2, 0.25) is 0 Å². The first-order valence-electron chi connectivity index (χ1n) is 3.39. The summed E-state index contributed by atoms with van der Waals surface area (Å²) in [4.78, 5) is 0. The molecule has 0 aromatic heterocycles. The van der Waals surface area contributed by atoms with Crippen LogP contribution in [0.3, 0.4) is 0 Å². The number of likely N-dealkylation sites (N-methyl/N-ethyl adjacent to an activating group) is 1. The molecule has 0 amide bonds. The van der Waals surface area contributed by atoms with E-state index in [1.807, 2.05) is 11.6 Å². The summed E-state index contributed by atoms with van der Waals surface area (Å²) in [7, 11) is -9.25. The fraction of sp³-hybridized carbons (Fsp3) is 0.750. The molecule has 0 aromatic carbocycles. The number of nitrogens with zero attached hydrogens (tertiary/aromatic N) is 2. The van der Waals surface area contributed by atoms with Gasteiger partial charge < -0.3 is 8.86 Å². The monoisotopic (exact) mass is 266 g/mol. The average Bonchev–Trinajstić information content (AvgIpc) is 2.31. The maximum atomic E-state index is 11.1. The Kier molecular flexibility index (Phi) is 5.03. The lowest BCUT2D eigenvalue weighted by Crippen LogP contribution is -2.00. The molecule has 90 valence electrons. The van der Waals surface area contributed by atoms with Gasteiger partial charge >= 0.3 is 6.40 Å². The quantitative estimate of drug-likeness (QED) is 0.495. The van der Waals surface area contributed by atoms with Gasteiger partial charge in [0.05, 0.1) is 0 Å². The number of hydrogen-bond donors (Lipinski definition) is 0. The van der Waals surface area contributed by atoms with E-state index >= 15 is 0 Å². The van der Waals surface area contributed by atoms with Gasteiger partial charge in [-0.25, -0.2) is 21.4 Å². The molecule has 11 heteroatoms. The summed E-state index contributed by atoms with van der Waals surface area (Å²) in [5.41, 5.74) is 0. The van der Waals surface area contributed by atoms with Gasteiger partial charge in [-0.1, -0.05) is 0 Å². The molecule has 0 atom stereocenters. The maximum absolute atomic E-state index is 11.1. The molecule has 0 N–H and O–H groups in total. The van der Waals surface area contributed by atoms with Crippen LogP contribution in [0.5, 0.6) is 0 Å². The summed E-state index contributed by atoms with van der Waals surface area (Å²) in [5.74, 6) is 0. The first kappa shape index (κ1) is 14.2. The molecule has 15 heavy (non-hydrogen) atoms. The Morgan fingerprint density at radius 3 is 1.80 bits per heavy atom. The van der Waals surface area contributed by atoms with Gasteiger partial charge in [-0.3, -0.25) is 0 Å². The Hall–Kier alpha value is -0.810. The lowest BCUT2D eigenvalue weighted by atomic mass is 10.7. The van der Waals surface area contributed by atoms with Crippen molar-refractivity contribution < 1.29 is 33.9 Å². The normalized spacial score (nSPS) is 16.1. The molecule has 1 aliphatic rings. The summed E-state index contributed by atoms with van der Waals surface area (Å²) in [5, 5.41) is 0. The van der Waals surface area contributed by atoms with Gasteiger partial charge in [0.2, 0.25) is 20.8 Å². The van der Waals surface area contributed by atoms with E-state index < -0.39 is 20.8 Å². The van der Waals surface area contributed by atoms with Crippen LogP contribution in [0.4, 0.5) is 7.77 Å². The summed E-state index contributed by atoms with van der Waals surface area (Å²) in [6, 6.07) is 0. The highest BCUT2D eigenvalue weighted by Crippen LogP contribution is 2.11. The SMILES string of the molecule is C[N+]1=COCC1.O=S(=O)(F)[N-]S(=O)(=O)F. The molecule has 0 saturated carbocycles. The van der Waals surface area contributed by atoms with Crippen LogP contribution < -0.4 is 0 Å². The predicted octanol–water partition coefficient (Wildman–Crippen LogP) is -0.524. The van der Waals surface area contributed by atoms with Crippen LogP contribution in [-0.4, -0.2) is 48.0 Å². The van der Waals surface area contributed by atoms with Crippen molar-refractivity contribution >= 4 is 27.2 Å². The van der Waals surface area contributed by atoms with Crippen molar-refractivity contribution in [2.24, 2.45) is 0 Å². The van der Waals surface area contributed by atoms with Gasteiger partial charge in [0.15, 0.2) is 13.2 Å². The number of rotatable bonds is 2. The van der Waals surface area contributed by atoms with Gasteiger partial charge in [0.25, 0.3) is 0 Å². The number of halogens is 2. The van der Waals surface area contributed by atoms with E-state index in [0.29, 0.717) is 0 Å². The molecule has 0 radical (unpaired) electrons. The van der Waals surface area contributed by atoms with Crippen LogP contribution in [0.25, 0.3) is 4.13 Å². The zero-order valence-corrected chi connectivity index (χ0v) is 9.13. The second-order valence-electron chi connectivity index (χ2n) is 2.36. The standard InChI is InChI=1S/C4H8NO.F2NO4S2/c1-5-2-3-6-4-5;1-8(4,5)3-9(2,6)7/h4H,2-3H2,1H3;/q+1;-1. The zero-order chi connectivity index (χ0) is 12.1. The van der Waals surface area contributed by atoms with Crippen molar-refractivity contribution in [3.63, 3.8) is 0 Å². The minimum Gasteiger partial charge on any atom is -0.444 e. The minimum absolute atomic E-state index is 0.858. The molecule has 0 aliphatic carbocycles. The second kappa shape index (κ2) is 5.32. The minimum atomic E-state index is -5.62. The molecule has 0 fully saturated rings. The largest absolute Gasteiger partial charge is 0.444 e. The Bertz CT molecular complexity index is 398. The van der Waals surface area contributed by atoms with Gasteiger partial charge in [0.1, 0.15) is 7.05 Å². The summed E-state index contributed by atoms with van der Waals surface area (Å²) in [6.07, 6.45) is 1.74. The van der Waals surface area contributed by atoms with Gasteiger partial charge in [-0.15, -0.1) is 7.77 Å². The Balaban J connectivity index is 0.000000280. The Labute approximate surface area is 86.0 Å². The molecule has 7 nitrogen and oxygen atoms in total. The molecule has 0 saturated heterocycles. The summed E-state index contributed by atoms with van der Waals surface area (Å²) in [6.45, 7) is 1.90. The lowest BCUT2D eigenvalue weighted by Gasteiger charge is -2.03. The van der Waals surface area contributed by atoms with E-state index in [1.165, 1.54) is 0 Å². The van der Waals surface area contributed by atoms with Gasteiger partial charge in [-0.2, -0.15) is 0 Å². The van der Waals surface area contributed by atoms with Crippen molar-refractivity contribution in [3.05, 3.63) is 4.13 Å². The summed E-state index contributed by atoms with van der Waals surface area (Å²) < 4.78 is 66.9. The number of hydrogen-bond acceptors (Lipinski definition) is 5. The highest BCUT2D eigenvalue weighted by Gasteiger charge is 2.02. The van der Waals surface area contributed by atoms with Crippen molar-refractivity contribution in [2.45, 2.75) is 0 Å². The first-order valence-corrected chi connectivity index (χ1v) is 6.07. The van der Waals surface area contributed by atoms with Crippen LogP contribution in [-0.2, 0) is 25.6 Å². The predicted molar refractivity (Wildman–Crippen MR) is 46.5 cm³/mol. The third-order valence-corrected chi connectivity index (χ3v) is 2.42. The third kappa shape index (κ3) is 11.1. The van der Waals surface area contributed by atoms with E-state index in [0.717, 1.165) is 17.3 Å². The van der Waals surface area contributed by atoms with Crippen molar-refractivity contribution in [3.8, 4) is 0 Å². The van der Waals surface area contributed by atoms with Gasteiger partial charge in [0, 0.05) is 0 Å². The number of ether oxygens (including phenoxy) is 1. The van der Waals surface area contributed by atoms with Crippen LogP contribution >= 0.6 is 0 Å². The third-order valence-electron chi connectivity index (χ3n) is 0.994. The Morgan fingerprint density at radius 1 is 1.27 bits per heavy atom. The van der Waals surface area contributed by atoms with E-state index in [9.17, 15) is 24.6 Å². The molecule has 0 bridgehead atoms. The topological polar surface area (TPSA) is 94.6 Å². The molecule has 1 aliphatic heterocycles.